The van der Waals surface area contributed by atoms with Crippen LogP contribution in [0, 0.1) is 0 Å². The standard InChI is InChI=1S/C6H6BNO2/c1-8-3-4(7)2-5(9)6(8)10/h2-3,9H,1H3. The van der Waals surface area contributed by atoms with Gasteiger partial charge in [-0.1, -0.05) is 5.46 Å². The molecule has 0 saturated carbocycles. The highest BCUT2D eigenvalue weighted by atomic mass is 16.3. The first kappa shape index (κ1) is 6.93. The van der Waals surface area contributed by atoms with E-state index in [-0.39, 0.29) is 5.75 Å². The van der Waals surface area contributed by atoms with Crippen LogP contribution in [0.5, 0.6) is 5.75 Å². The van der Waals surface area contributed by atoms with Gasteiger partial charge in [0.05, 0.1) is 0 Å². The summed E-state index contributed by atoms with van der Waals surface area (Å²) in [6.07, 6.45) is 1.45. The van der Waals surface area contributed by atoms with E-state index >= 15 is 0 Å². The molecule has 0 unspecified atom stereocenters. The second kappa shape index (κ2) is 2.21. The highest BCUT2D eigenvalue weighted by Gasteiger charge is 1.97. The van der Waals surface area contributed by atoms with Gasteiger partial charge >= 0.3 is 0 Å². The molecule has 3 nitrogen and oxygen atoms in total. The number of aromatic hydroxyl groups is 1. The molecule has 0 aliphatic heterocycles. The lowest BCUT2D eigenvalue weighted by Gasteiger charge is -1.99. The zero-order valence-corrected chi connectivity index (χ0v) is 5.53. The van der Waals surface area contributed by atoms with Crippen molar-refractivity contribution in [1.29, 1.82) is 0 Å². The second-order valence-corrected chi connectivity index (χ2v) is 2.07. The van der Waals surface area contributed by atoms with Crippen molar-refractivity contribution in [3.8, 4) is 5.75 Å². The molecule has 1 heterocycles. The van der Waals surface area contributed by atoms with Gasteiger partial charge in [-0.05, 0) is 12.3 Å². The fraction of sp³-hybridized carbons (Fsp3) is 0.167. The fourth-order valence-corrected chi connectivity index (χ4v) is 0.720. The van der Waals surface area contributed by atoms with Crippen LogP contribution in [0.1, 0.15) is 0 Å². The average Bonchev–Trinajstić information content (AvgIpc) is 1.82. The van der Waals surface area contributed by atoms with Gasteiger partial charge in [0, 0.05) is 7.05 Å². The minimum atomic E-state index is -0.436. The van der Waals surface area contributed by atoms with Gasteiger partial charge in [0.25, 0.3) is 5.56 Å². The molecule has 1 rings (SSSR count). The molecule has 50 valence electrons. The van der Waals surface area contributed by atoms with Crippen molar-refractivity contribution in [2.24, 2.45) is 7.05 Å². The van der Waals surface area contributed by atoms with E-state index in [0.29, 0.717) is 5.46 Å². The Morgan fingerprint density at radius 1 is 1.70 bits per heavy atom. The molecule has 1 aromatic heterocycles. The number of hydrogen-bond donors (Lipinski definition) is 1. The topological polar surface area (TPSA) is 42.2 Å². The molecule has 1 N–H and O–H groups in total. The number of rotatable bonds is 0. The average molecular weight is 135 g/mol. The summed E-state index contributed by atoms with van der Waals surface area (Å²) in [6, 6.07) is 1.22. The van der Waals surface area contributed by atoms with Crippen LogP contribution in [0.15, 0.2) is 17.1 Å². The Bertz CT molecular complexity index is 279. The lowest BCUT2D eigenvalue weighted by atomic mass is 9.99. The van der Waals surface area contributed by atoms with Gasteiger partial charge in [0.15, 0.2) is 5.75 Å². The summed E-state index contributed by atoms with van der Waals surface area (Å²) < 4.78 is 1.23. The molecule has 0 aliphatic carbocycles. The van der Waals surface area contributed by atoms with E-state index in [1.165, 1.54) is 23.9 Å². The summed E-state index contributed by atoms with van der Waals surface area (Å²) in [7, 11) is 6.83. The Morgan fingerprint density at radius 2 is 2.30 bits per heavy atom. The molecule has 0 spiro atoms. The third-order valence-electron chi connectivity index (χ3n) is 1.19. The van der Waals surface area contributed by atoms with Crippen molar-refractivity contribution < 1.29 is 5.11 Å². The summed E-state index contributed by atoms with van der Waals surface area (Å²) in [6.45, 7) is 0. The van der Waals surface area contributed by atoms with Gasteiger partial charge in [-0.3, -0.25) is 4.79 Å². The van der Waals surface area contributed by atoms with Crippen LogP contribution in [-0.4, -0.2) is 17.5 Å². The van der Waals surface area contributed by atoms with Crippen molar-refractivity contribution in [2.75, 3.05) is 0 Å². The molecule has 2 radical (unpaired) electrons. The highest BCUT2D eigenvalue weighted by Crippen LogP contribution is 1.92. The van der Waals surface area contributed by atoms with Crippen LogP contribution in [0.3, 0.4) is 0 Å². The number of aromatic nitrogens is 1. The normalized spacial score (nSPS) is 9.70. The van der Waals surface area contributed by atoms with Gasteiger partial charge in [-0.15, -0.1) is 0 Å². The zero-order chi connectivity index (χ0) is 7.72. The SMILES string of the molecule is [B]c1cc(O)c(=O)n(C)c1. The second-order valence-electron chi connectivity index (χ2n) is 2.07. The Kier molecular flexibility index (Phi) is 1.53. The summed E-state index contributed by atoms with van der Waals surface area (Å²) in [5.74, 6) is -0.317. The van der Waals surface area contributed by atoms with Crippen LogP contribution in [-0.2, 0) is 7.05 Å². The van der Waals surface area contributed by atoms with E-state index in [2.05, 4.69) is 0 Å². The lowest BCUT2D eigenvalue weighted by Crippen LogP contribution is -2.21. The fourth-order valence-electron chi connectivity index (χ4n) is 0.720. The quantitative estimate of drug-likeness (QED) is 0.458. The third-order valence-corrected chi connectivity index (χ3v) is 1.19. The van der Waals surface area contributed by atoms with Gasteiger partial charge in [0.1, 0.15) is 7.85 Å². The molecule has 10 heavy (non-hydrogen) atoms. The van der Waals surface area contributed by atoms with Crippen molar-refractivity contribution in [3.63, 3.8) is 0 Å². The summed E-state index contributed by atoms with van der Waals surface area (Å²) >= 11 is 0. The smallest absolute Gasteiger partial charge is 0.292 e. The molecule has 0 fully saturated rings. The van der Waals surface area contributed by atoms with Gasteiger partial charge in [0.2, 0.25) is 0 Å². The summed E-state index contributed by atoms with van der Waals surface area (Å²) in [4.78, 5) is 10.8. The van der Waals surface area contributed by atoms with Gasteiger partial charge < -0.3 is 9.67 Å². The van der Waals surface area contributed by atoms with Gasteiger partial charge in [-0.25, -0.2) is 0 Å². The number of aryl methyl sites for hydroxylation is 1. The Labute approximate surface area is 59.3 Å². The third kappa shape index (κ3) is 1.05. The van der Waals surface area contributed by atoms with Crippen molar-refractivity contribution in [1.82, 2.24) is 4.57 Å². The molecule has 0 amide bonds. The predicted octanol–water partition coefficient (Wildman–Crippen LogP) is -1.12. The maximum absolute atomic E-state index is 10.8. The van der Waals surface area contributed by atoms with E-state index in [9.17, 15) is 4.79 Å². The first-order chi connectivity index (χ1) is 4.61. The van der Waals surface area contributed by atoms with Crippen molar-refractivity contribution in [2.45, 2.75) is 0 Å². The van der Waals surface area contributed by atoms with Crippen LogP contribution in [0.25, 0.3) is 0 Å². The van der Waals surface area contributed by atoms with Crippen LogP contribution in [0.4, 0.5) is 0 Å². The van der Waals surface area contributed by atoms with Crippen LogP contribution >= 0.6 is 0 Å². The minimum absolute atomic E-state index is 0.317. The van der Waals surface area contributed by atoms with Gasteiger partial charge in [-0.2, -0.15) is 0 Å². The van der Waals surface area contributed by atoms with Crippen LogP contribution in [0.2, 0.25) is 0 Å². The Balaban J connectivity index is 3.46. The maximum atomic E-state index is 10.8. The molecule has 0 aromatic carbocycles. The minimum Gasteiger partial charge on any atom is -0.503 e. The summed E-state index contributed by atoms with van der Waals surface area (Å²) in [5, 5.41) is 8.87. The zero-order valence-electron chi connectivity index (χ0n) is 5.53. The van der Waals surface area contributed by atoms with Crippen LogP contribution < -0.4 is 11.0 Å². The first-order valence-corrected chi connectivity index (χ1v) is 2.76. The van der Waals surface area contributed by atoms with Crippen molar-refractivity contribution in [3.05, 3.63) is 22.6 Å². The largest absolute Gasteiger partial charge is 0.503 e. The molecule has 0 aliphatic rings. The Hall–Kier alpha value is -1.19. The highest BCUT2D eigenvalue weighted by molar-refractivity contribution is 6.32. The lowest BCUT2D eigenvalue weighted by molar-refractivity contribution is 0.462. The molecule has 1 aromatic rings. The predicted molar refractivity (Wildman–Crippen MR) is 38.7 cm³/mol. The van der Waals surface area contributed by atoms with E-state index < -0.39 is 5.56 Å². The van der Waals surface area contributed by atoms with E-state index in [1.807, 2.05) is 0 Å². The summed E-state index contributed by atoms with van der Waals surface area (Å²) in [5.41, 5.74) is -0.0613. The molecule has 0 saturated heterocycles. The molecular weight excluding hydrogens is 129 g/mol. The number of hydrogen-bond acceptors (Lipinski definition) is 2. The molecular formula is C6H6BNO2. The molecule has 4 heteroatoms. The van der Waals surface area contributed by atoms with E-state index in [4.69, 9.17) is 13.0 Å². The monoisotopic (exact) mass is 135 g/mol. The van der Waals surface area contributed by atoms with E-state index in [1.54, 1.807) is 0 Å². The molecule has 0 atom stereocenters. The van der Waals surface area contributed by atoms with Crippen molar-refractivity contribution >= 4 is 13.3 Å². The maximum Gasteiger partial charge on any atom is 0.292 e. The number of pyridine rings is 1. The number of nitrogens with zero attached hydrogens (tertiary/aromatic N) is 1. The first-order valence-electron chi connectivity index (χ1n) is 2.76. The molecule has 0 bridgehead atoms. The van der Waals surface area contributed by atoms with E-state index in [0.717, 1.165) is 0 Å². The Morgan fingerprint density at radius 3 is 2.80 bits per heavy atom.